The maximum Gasteiger partial charge on any atom is 0.270 e. The highest BCUT2D eigenvalue weighted by Gasteiger charge is 2.24. The van der Waals surface area contributed by atoms with Crippen LogP contribution in [0.3, 0.4) is 0 Å². The van der Waals surface area contributed by atoms with E-state index in [4.69, 9.17) is 0 Å². The van der Waals surface area contributed by atoms with Gasteiger partial charge in [0.2, 0.25) is 0 Å². The normalized spacial score (nSPS) is 16.5. The van der Waals surface area contributed by atoms with Gasteiger partial charge in [0.1, 0.15) is 17.8 Å². The molecule has 0 aromatic carbocycles. The van der Waals surface area contributed by atoms with Crippen molar-refractivity contribution in [2.75, 3.05) is 0 Å². The molecular weight excluding hydrogens is 292 g/mol. The van der Waals surface area contributed by atoms with Gasteiger partial charge in [0.25, 0.3) is 5.91 Å². The molecule has 0 saturated heterocycles. The van der Waals surface area contributed by atoms with Gasteiger partial charge in [-0.15, -0.1) is 10.2 Å². The number of hydrogen-bond acceptors (Lipinski definition) is 5. The number of aromatic nitrogens is 5. The molecule has 0 bridgehead atoms. The number of carbonyl (C=O) groups excluding carboxylic acids is 1. The standard InChI is InChI=1S/C16H22N6O/c1-10-8-14(20-12(3)18-10)16(23)19-11(2)15-21-17-9-22(15)13-6-4-5-7-13/h8-9,11,13H,4-7H2,1-3H3,(H,19,23)/t11-/m1/s1. The highest BCUT2D eigenvalue weighted by Crippen LogP contribution is 2.31. The van der Waals surface area contributed by atoms with E-state index in [1.165, 1.54) is 12.8 Å². The molecule has 2 aromatic heterocycles. The molecule has 7 heteroatoms. The fourth-order valence-electron chi connectivity index (χ4n) is 3.19. The maximum atomic E-state index is 12.4. The van der Waals surface area contributed by atoms with Gasteiger partial charge >= 0.3 is 0 Å². The summed E-state index contributed by atoms with van der Waals surface area (Å²) in [4.78, 5) is 20.8. The summed E-state index contributed by atoms with van der Waals surface area (Å²) in [5.74, 6) is 1.18. The largest absolute Gasteiger partial charge is 0.341 e. The monoisotopic (exact) mass is 314 g/mol. The summed E-state index contributed by atoms with van der Waals surface area (Å²) >= 11 is 0. The average Bonchev–Trinajstić information content (AvgIpc) is 3.17. The molecule has 1 atom stereocenters. The third-order valence-corrected chi connectivity index (χ3v) is 4.25. The van der Waals surface area contributed by atoms with Crippen LogP contribution < -0.4 is 5.32 Å². The van der Waals surface area contributed by atoms with Crippen LogP contribution in [0.25, 0.3) is 0 Å². The lowest BCUT2D eigenvalue weighted by Gasteiger charge is -2.18. The van der Waals surface area contributed by atoms with Crippen molar-refractivity contribution >= 4 is 5.91 Å². The quantitative estimate of drug-likeness (QED) is 0.935. The molecule has 2 aromatic rings. The second-order valence-electron chi connectivity index (χ2n) is 6.17. The molecule has 0 spiro atoms. The van der Waals surface area contributed by atoms with Crippen molar-refractivity contribution in [1.29, 1.82) is 0 Å². The molecule has 7 nitrogen and oxygen atoms in total. The second kappa shape index (κ2) is 6.44. The summed E-state index contributed by atoms with van der Waals surface area (Å²) in [5.41, 5.74) is 1.17. The SMILES string of the molecule is Cc1cc(C(=O)N[C@H](C)c2nncn2C2CCCC2)nc(C)n1. The van der Waals surface area contributed by atoms with E-state index >= 15 is 0 Å². The minimum absolute atomic E-state index is 0.216. The first-order chi connectivity index (χ1) is 11.0. The van der Waals surface area contributed by atoms with Gasteiger partial charge in [0.05, 0.1) is 6.04 Å². The molecule has 1 aliphatic rings. The maximum absolute atomic E-state index is 12.4. The first-order valence-corrected chi connectivity index (χ1v) is 8.07. The van der Waals surface area contributed by atoms with E-state index in [1.54, 1.807) is 19.3 Å². The molecule has 2 heterocycles. The number of aryl methyl sites for hydroxylation is 2. The minimum atomic E-state index is -0.221. The summed E-state index contributed by atoms with van der Waals surface area (Å²) < 4.78 is 2.11. The molecule has 1 fully saturated rings. The van der Waals surface area contributed by atoms with Crippen molar-refractivity contribution in [3.05, 3.63) is 35.4 Å². The Morgan fingerprint density at radius 1 is 1.30 bits per heavy atom. The van der Waals surface area contributed by atoms with Crippen molar-refractivity contribution in [2.24, 2.45) is 0 Å². The molecule has 1 N–H and O–H groups in total. The molecule has 3 rings (SSSR count). The van der Waals surface area contributed by atoms with Crippen molar-refractivity contribution < 1.29 is 4.79 Å². The second-order valence-corrected chi connectivity index (χ2v) is 6.17. The molecule has 0 aliphatic heterocycles. The zero-order chi connectivity index (χ0) is 16.4. The predicted octanol–water partition coefficient (Wildman–Crippen LogP) is 2.29. The van der Waals surface area contributed by atoms with Gasteiger partial charge in [0.15, 0.2) is 5.82 Å². The Morgan fingerprint density at radius 2 is 2.04 bits per heavy atom. The number of nitrogens with zero attached hydrogens (tertiary/aromatic N) is 5. The van der Waals surface area contributed by atoms with Gasteiger partial charge < -0.3 is 9.88 Å². The molecule has 23 heavy (non-hydrogen) atoms. The van der Waals surface area contributed by atoms with E-state index in [0.717, 1.165) is 24.4 Å². The zero-order valence-electron chi connectivity index (χ0n) is 13.8. The third-order valence-electron chi connectivity index (χ3n) is 4.25. The molecule has 1 aliphatic carbocycles. The van der Waals surface area contributed by atoms with E-state index in [-0.39, 0.29) is 11.9 Å². The summed E-state index contributed by atoms with van der Waals surface area (Å²) in [5, 5.41) is 11.2. The number of amides is 1. The zero-order valence-corrected chi connectivity index (χ0v) is 13.8. The van der Waals surface area contributed by atoms with Crippen LogP contribution in [0.1, 0.15) is 72.5 Å². The van der Waals surface area contributed by atoms with E-state index in [1.807, 2.05) is 13.8 Å². The Hall–Kier alpha value is -2.31. The van der Waals surface area contributed by atoms with Gasteiger partial charge in [-0.2, -0.15) is 0 Å². The van der Waals surface area contributed by atoms with Crippen molar-refractivity contribution in [3.63, 3.8) is 0 Å². The van der Waals surface area contributed by atoms with Crippen molar-refractivity contribution in [3.8, 4) is 0 Å². The number of carbonyl (C=O) groups is 1. The first-order valence-electron chi connectivity index (χ1n) is 8.07. The van der Waals surface area contributed by atoms with Gasteiger partial charge in [-0.05, 0) is 39.7 Å². The van der Waals surface area contributed by atoms with Gasteiger partial charge in [-0.3, -0.25) is 4.79 Å². The predicted molar refractivity (Wildman–Crippen MR) is 84.9 cm³/mol. The molecule has 1 amide bonds. The van der Waals surface area contributed by atoms with E-state index in [0.29, 0.717) is 17.6 Å². The highest BCUT2D eigenvalue weighted by molar-refractivity contribution is 5.92. The molecule has 122 valence electrons. The van der Waals surface area contributed by atoms with Crippen molar-refractivity contribution in [2.45, 2.75) is 58.5 Å². The first kappa shape index (κ1) is 15.6. The van der Waals surface area contributed by atoms with Crippen molar-refractivity contribution in [1.82, 2.24) is 30.0 Å². The number of hydrogen-bond donors (Lipinski definition) is 1. The summed E-state index contributed by atoms with van der Waals surface area (Å²) in [6, 6.07) is 1.92. The van der Waals surface area contributed by atoms with Gasteiger partial charge in [0, 0.05) is 11.7 Å². The Balaban J connectivity index is 1.75. The lowest BCUT2D eigenvalue weighted by molar-refractivity contribution is 0.0931. The summed E-state index contributed by atoms with van der Waals surface area (Å²) in [6.07, 6.45) is 6.55. The Bertz CT molecular complexity index is 684. The highest BCUT2D eigenvalue weighted by atomic mass is 16.1. The summed E-state index contributed by atoms with van der Waals surface area (Å²) in [6.45, 7) is 5.56. The summed E-state index contributed by atoms with van der Waals surface area (Å²) in [7, 11) is 0. The molecule has 0 unspecified atom stereocenters. The van der Waals surface area contributed by atoms with Crippen LogP contribution in [0.4, 0.5) is 0 Å². The Labute approximate surface area is 135 Å². The van der Waals surface area contributed by atoms with Crippen LogP contribution >= 0.6 is 0 Å². The van der Waals surface area contributed by atoms with Gasteiger partial charge in [-0.25, -0.2) is 9.97 Å². The minimum Gasteiger partial charge on any atom is -0.341 e. The fourth-order valence-corrected chi connectivity index (χ4v) is 3.19. The Morgan fingerprint density at radius 3 is 2.74 bits per heavy atom. The van der Waals surface area contributed by atoms with E-state index in [9.17, 15) is 4.79 Å². The van der Waals surface area contributed by atoms with E-state index in [2.05, 4.69) is 30.0 Å². The topological polar surface area (TPSA) is 85.6 Å². The lowest BCUT2D eigenvalue weighted by atomic mass is 10.2. The molecule has 0 radical (unpaired) electrons. The van der Waals surface area contributed by atoms with Crippen LogP contribution in [0, 0.1) is 13.8 Å². The van der Waals surface area contributed by atoms with E-state index < -0.39 is 0 Å². The smallest absolute Gasteiger partial charge is 0.270 e. The number of rotatable bonds is 4. The van der Waals surface area contributed by atoms with Crippen LogP contribution in [-0.2, 0) is 0 Å². The van der Waals surface area contributed by atoms with Gasteiger partial charge in [-0.1, -0.05) is 12.8 Å². The van der Waals surface area contributed by atoms with Crippen LogP contribution in [0.15, 0.2) is 12.4 Å². The third kappa shape index (κ3) is 3.38. The van der Waals surface area contributed by atoms with Crippen LogP contribution in [0.5, 0.6) is 0 Å². The average molecular weight is 314 g/mol. The Kier molecular flexibility index (Phi) is 4.36. The fraction of sp³-hybridized carbons (Fsp3) is 0.562. The molecular formula is C16H22N6O. The number of nitrogens with one attached hydrogen (secondary N) is 1. The lowest BCUT2D eigenvalue weighted by Crippen LogP contribution is -2.30. The van der Waals surface area contributed by atoms with Crippen LogP contribution in [-0.4, -0.2) is 30.6 Å². The molecule has 1 saturated carbocycles. The van der Waals surface area contributed by atoms with Crippen LogP contribution in [0.2, 0.25) is 0 Å².